The number of ether oxygens (including phenoxy) is 1. The Balaban J connectivity index is 2.87. The molecule has 0 aromatic carbocycles. The van der Waals surface area contributed by atoms with Crippen molar-refractivity contribution in [3.05, 3.63) is 17.7 Å². The van der Waals surface area contributed by atoms with Crippen molar-refractivity contribution in [3.8, 4) is 0 Å². The lowest BCUT2D eigenvalue weighted by molar-refractivity contribution is -0.138. The summed E-state index contributed by atoms with van der Waals surface area (Å²) in [6.07, 6.45) is 1.53. The van der Waals surface area contributed by atoms with Crippen molar-refractivity contribution in [1.29, 1.82) is 0 Å². The second-order valence-corrected chi connectivity index (χ2v) is 5.28. The predicted molar refractivity (Wildman–Crippen MR) is 67.7 cm³/mol. The van der Waals surface area contributed by atoms with Crippen molar-refractivity contribution < 1.29 is 19.4 Å². The maximum atomic E-state index is 11.9. The molecule has 0 bridgehead atoms. The van der Waals surface area contributed by atoms with Crippen molar-refractivity contribution in [1.82, 2.24) is 9.55 Å². The number of imidazole rings is 1. The van der Waals surface area contributed by atoms with Gasteiger partial charge in [0.15, 0.2) is 0 Å². The molecule has 0 saturated carbocycles. The number of carbonyl (C=O) groups is 2. The number of nitrogens with zero attached hydrogens (tertiary/aromatic N) is 2. The van der Waals surface area contributed by atoms with E-state index in [1.54, 1.807) is 27.8 Å². The highest BCUT2D eigenvalue weighted by Crippen LogP contribution is 2.13. The van der Waals surface area contributed by atoms with Gasteiger partial charge in [0, 0.05) is 25.4 Å². The van der Waals surface area contributed by atoms with Crippen molar-refractivity contribution in [2.24, 2.45) is 12.8 Å². The van der Waals surface area contributed by atoms with Gasteiger partial charge in [-0.05, 0) is 20.8 Å². The van der Waals surface area contributed by atoms with Crippen LogP contribution in [0.3, 0.4) is 0 Å². The summed E-state index contributed by atoms with van der Waals surface area (Å²) < 4.78 is 6.70. The second kappa shape index (κ2) is 5.40. The highest BCUT2D eigenvalue weighted by Gasteiger charge is 2.23. The van der Waals surface area contributed by atoms with Crippen molar-refractivity contribution >= 4 is 11.9 Å². The molecule has 0 saturated heterocycles. The first-order chi connectivity index (χ1) is 8.61. The van der Waals surface area contributed by atoms with E-state index in [-0.39, 0.29) is 12.2 Å². The molecule has 1 aromatic heterocycles. The molecule has 1 heterocycles. The second-order valence-electron chi connectivity index (χ2n) is 5.28. The van der Waals surface area contributed by atoms with E-state index in [1.165, 1.54) is 10.8 Å². The predicted octanol–water partition coefficient (Wildman–Crippen LogP) is 0.330. The molecule has 106 valence electrons. The van der Waals surface area contributed by atoms with Crippen molar-refractivity contribution in [2.45, 2.75) is 38.8 Å². The quantitative estimate of drug-likeness (QED) is 0.763. The number of carbonyl (C=O) groups excluding carboxylic acids is 1. The van der Waals surface area contributed by atoms with Crippen LogP contribution in [0.25, 0.3) is 0 Å². The first-order valence-corrected chi connectivity index (χ1v) is 5.84. The van der Waals surface area contributed by atoms with Gasteiger partial charge in [0.1, 0.15) is 11.6 Å². The molecular formula is C12H19N3O4. The molecule has 0 aliphatic rings. The highest BCUT2D eigenvalue weighted by atomic mass is 16.6. The largest absolute Gasteiger partial charge is 0.480 e. The Labute approximate surface area is 111 Å². The molecule has 0 radical (unpaired) electrons. The van der Waals surface area contributed by atoms with E-state index in [2.05, 4.69) is 4.98 Å². The summed E-state index contributed by atoms with van der Waals surface area (Å²) in [5, 5.41) is 8.76. The monoisotopic (exact) mass is 269 g/mol. The third-order valence-electron chi connectivity index (χ3n) is 2.41. The van der Waals surface area contributed by atoms with Crippen LogP contribution >= 0.6 is 0 Å². The van der Waals surface area contributed by atoms with E-state index in [1.807, 2.05) is 0 Å². The third kappa shape index (κ3) is 4.06. The molecule has 7 heteroatoms. The van der Waals surface area contributed by atoms with Gasteiger partial charge in [0.2, 0.25) is 5.82 Å². The Morgan fingerprint density at radius 3 is 2.58 bits per heavy atom. The maximum absolute atomic E-state index is 11.9. The van der Waals surface area contributed by atoms with Crippen LogP contribution in [0.2, 0.25) is 0 Å². The number of hydrogen-bond acceptors (Lipinski definition) is 5. The van der Waals surface area contributed by atoms with Gasteiger partial charge in [0.05, 0.1) is 0 Å². The number of esters is 1. The molecule has 0 fully saturated rings. The van der Waals surface area contributed by atoms with Crippen LogP contribution < -0.4 is 5.73 Å². The Morgan fingerprint density at radius 2 is 2.11 bits per heavy atom. The molecule has 7 nitrogen and oxygen atoms in total. The molecule has 1 atom stereocenters. The Kier molecular flexibility index (Phi) is 4.31. The molecule has 19 heavy (non-hydrogen) atoms. The van der Waals surface area contributed by atoms with Crippen LogP contribution in [-0.4, -0.2) is 38.2 Å². The van der Waals surface area contributed by atoms with E-state index in [9.17, 15) is 9.59 Å². The molecule has 0 spiro atoms. The van der Waals surface area contributed by atoms with E-state index < -0.39 is 23.6 Å². The van der Waals surface area contributed by atoms with Crippen molar-refractivity contribution in [3.63, 3.8) is 0 Å². The number of aromatic nitrogens is 2. The topological polar surface area (TPSA) is 107 Å². The summed E-state index contributed by atoms with van der Waals surface area (Å²) in [6.45, 7) is 5.28. The lowest BCUT2D eigenvalue weighted by Crippen LogP contribution is -2.33. The van der Waals surface area contributed by atoms with Crippen molar-refractivity contribution in [2.75, 3.05) is 0 Å². The normalized spacial score (nSPS) is 13.1. The van der Waals surface area contributed by atoms with Crippen LogP contribution in [0.4, 0.5) is 0 Å². The van der Waals surface area contributed by atoms with Crippen LogP contribution in [0.5, 0.6) is 0 Å². The summed E-state index contributed by atoms with van der Waals surface area (Å²) in [7, 11) is 1.62. The zero-order chi connectivity index (χ0) is 14.8. The minimum atomic E-state index is -1.10. The molecule has 0 aliphatic carbocycles. The highest BCUT2D eigenvalue weighted by molar-refractivity contribution is 5.86. The fraction of sp³-hybridized carbons (Fsp3) is 0.583. The minimum absolute atomic E-state index is 0.0988. The summed E-state index contributed by atoms with van der Waals surface area (Å²) in [5.74, 6) is -1.52. The summed E-state index contributed by atoms with van der Waals surface area (Å²) >= 11 is 0. The van der Waals surface area contributed by atoms with Gasteiger partial charge in [-0.25, -0.2) is 9.78 Å². The van der Waals surface area contributed by atoms with E-state index in [0.717, 1.165) is 0 Å². The Hall–Kier alpha value is -1.89. The maximum Gasteiger partial charge on any atom is 0.375 e. The van der Waals surface area contributed by atoms with E-state index in [4.69, 9.17) is 15.6 Å². The number of aliphatic carboxylic acids is 1. The van der Waals surface area contributed by atoms with E-state index >= 15 is 0 Å². The lowest BCUT2D eigenvalue weighted by Gasteiger charge is -2.19. The fourth-order valence-corrected chi connectivity index (χ4v) is 1.46. The standard InChI is InChI=1S/C12H19N3O4/c1-12(2,3)19-11(18)9-14-6-7(15(9)4)5-8(13)10(16)17/h6,8H,5,13H2,1-4H3,(H,16,17). The Bertz CT molecular complexity index is 488. The number of hydrogen-bond donors (Lipinski definition) is 2. The SMILES string of the molecule is Cn1c(CC(N)C(=O)O)cnc1C(=O)OC(C)(C)C. The van der Waals surface area contributed by atoms with Gasteiger partial charge in [0.25, 0.3) is 0 Å². The number of nitrogens with two attached hydrogens (primary N) is 1. The lowest BCUT2D eigenvalue weighted by atomic mass is 10.2. The number of rotatable bonds is 4. The van der Waals surface area contributed by atoms with Gasteiger partial charge in [-0.3, -0.25) is 4.79 Å². The van der Waals surface area contributed by atoms with Gasteiger partial charge in [-0.2, -0.15) is 0 Å². The number of carboxylic acids is 1. The van der Waals surface area contributed by atoms with Crippen LogP contribution in [-0.2, 0) is 23.0 Å². The molecular weight excluding hydrogens is 250 g/mol. The molecule has 0 aliphatic heterocycles. The molecule has 1 aromatic rings. The minimum Gasteiger partial charge on any atom is -0.480 e. The molecule has 3 N–H and O–H groups in total. The molecule has 1 rings (SSSR count). The first kappa shape index (κ1) is 15.2. The fourth-order valence-electron chi connectivity index (χ4n) is 1.46. The zero-order valence-corrected chi connectivity index (χ0v) is 11.5. The average Bonchev–Trinajstić information content (AvgIpc) is 2.58. The van der Waals surface area contributed by atoms with E-state index in [0.29, 0.717) is 5.69 Å². The smallest absolute Gasteiger partial charge is 0.375 e. The molecule has 0 amide bonds. The third-order valence-corrected chi connectivity index (χ3v) is 2.41. The zero-order valence-electron chi connectivity index (χ0n) is 11.5. The van der Waals surface area contributed by atoms with Gasteiger partial charge >= 0.3 is 11.9 Å². The van der Waals surface area contributed by atoms with Crippen LogP contribution in [0.1, 0.15) is 37.1 Å². The van der Waals surface area contributed by atoms with Crippen LogP contribution in [0, 0.1) is 0 Å². The summed E-state index contributed by atoms with van der Waals surface area (Å²) in [5.41, 5.74) is 5.40. The molecule has 1 unspecified atom stereocenters. The van der Waals surface area contributed by atoms with Gasteiger partial charge in [-0.15, -0.1) is 0 Å². The van der Waals surface area contributed by atoms with Crippen LogP contribution in [0.15, 0.2) is 6.20 Å². The Morgan fingerprint density at radius 1 is 1.53 bits per heavy atom. The number of carboxylic acid groups (broad SMARTS) is 1. The summed E-state index contributed by atoms with van der Waals surface area (Å²) in [6, 6.07) is -1.03. The van der Waals surface area contributed by atoms with Gasteiger partial charge in [-0.1, -0.05) is 0 Å². The summed E-state index contributed by atoms with van der Waals surface area (Å²) in [4.78, 5) is 26.5. The van der Waals surface area contributed by atoms with Gasteiger partial charge < -0.3 is 20.1 Å². The average molecular weight is 269 g/mol. The first-order valence-electron chi connectivity index (χ1n) is 5.84.